The molecule has 0 aliphatic carbocycles. The number of unbranched alkanes of at least 4 members (excludes halogenated alkanes) is 1. The maximum Gasteiger partial charge on any atom is 0.303 e. The van der Waals surface area contributed by atoms with Gasteiger partial charge in [-0.2, -0.15) is 0 Å². The first-order valence-electron chi connectivity index (χ1n) is 6.94. The minimum atomic E-state index is -0.272. The van der Waals surface area contributed by atoms with Gasteiger partial charge in [-0.15, -0.1) is 6.58 Å². The predicted octanol–water partition coefficient (Wildman–Crippen LogP) is 3.97. The molecule has 0 fully saturated rings. The third kappa shape index (κ3) is 13.8. The van der Waals surface area contributed by atoms with Gasteiger partial charge < -0.3 is 4.74 Å². The second-order valence-corrected chi connectivity index (χ2v) is 4.15. The summed E-state index contributed by atoms with van der Waals surface area (Å²) in [4.78, 5) is 11.0. The molecule has 0 N–H and O–H groups in total. The fourth-order valence-electron chi connectivity index (χ4n) is 1.40. The highest BCUT2D eigenvalue weighted by Crippen LogP contribution is 2.07. The van der Waals surface area contributed by atoms with Crippen molar-refractivity contribution >= 4 is 5.97 Å². The first-order chi connectivity index (χ1) is 10.2. The van der Waals surface area contributed by atoms with Gasteiger partial charge >= 0.3 is 5.97 Å². The molecule has 2 nitrogen and oxygen atoms in total. The van der Waals surface area contributed by atoms with Gasteiger partial charge in [0, 0.05) is 6.92 Å². The van der Waals surface area contributed by atoms with E-state index in [4.69, 9.17) is 4.74 Å². The van der Waals surface area contributed by atoms with Gasteiger partial charge in [0.1, 0.15) is 6.10 Å². The number of ether oxygens (including phenoxy) is 1. The highest BCUT2D eigenvalue weighted by Gasteiger charge is 2.06. The second kappa shape index (κ2) is 14.0. The van der Waals surface area contributed by atoms with Crippen LogP contribution < -0.4 is 0 Å². The zero-order valence-electron chi connectivity index (χ0n) is 12.8. The molecule has 0 aliphatic heterocycles. The quantitative estimate of drug-likeness (QED) is 0.232. The van der Waals surface area contributed by atoms with Crippen LogP contribution in [0.15, 0.2) is 49.1 Å². The lowest BCUT2D eigenvalue weighted by molar-refractivity contribution is -0.144. The summed E-state index contributed by atoms with van der Waals surface area (Å²) in [7, 11) is 0. The second-order valence-electron chi connectivity index (χ2n) is 4.15. The van der Waals surface area contributed by atoms with Crippen molar-refractivity contribution in [3.05, 3.63) is 49.1 Å². The van der Waals surface area contributed by atoms with Crippen molar-refractivity contribution in [2.45, 2.75) is 39.2 Å². The number of esters is 1. The first-order valence-corrected chi connectivity index (χ1v) is 6.94. The minimum Gasteiger partial charge on any atom is -0.458 e. The molecule has 0 unspecified atom stereocenters. The highest BCUT2D eigenvalue weighted by molar-refractivity contribution is 5.66. The molecule has 0 spiro atoms. The summed E-state index contributed by atoms with van der Waals surface area (Å²) in [5, 5.41) is 0. The van der Waals surface area contributed by atoms with Crippen molar-refractivity contribution in [3.63, 3.8) is 0 Å². The summed E-state index contributed by atoms with van der Waals surface area (Å²) in [6.07, 6.45) is 15.1. The van der Waals surface area contributed by atoms with Crippen LogP contribution in [-0.2, 0) is 9.53 Å². The van der Waals surface area contributed by atoms with Crippen LogP contribution in [0.5, 0.6) is 0 Å². The summed E-state index contributed by atoms with van der Waals surface area (Å²) in [5.74, 6) is 10.7. The average Bonchev–Trinajstić information content (AvgIpc) is 2.45. The first kappa shape index (κ1) is 18.6. The van der Waals surface area contributed by atoms with Crippen LogP contribution in [0.25, 0.3) is 0 Å². The van der Waals surface area contributed by atoms with Gasteiger partial charge in [0.25, 0.3) is 0 Å². The number of carbonyl (C=O) groups excluding carboxylic acids is 1. The van der Waals surface area contributed by atoms with E-state index in [1.807, 2.05) is 31.2 Å². The molecule has 0 aromatic carbocycles. The number of carbonyl (C=O) groups is 1. The zero-order chi connectivity index (χ0) is 15.8. The molecule has 0 rings (SSSR count). The topological polar surface area (TPSA) is 26.3 Å². The summed E-state index contributed by atoms with van der Waals surface area (Å²) >= 11 is 0. The van der Waals surface area contributed by atoms with Gasteiger partial charge in [-0.05, 0) is 56.3 Å². The molecule has 0 aliphatic rings. The van der Waals surface area contributed by atoms with E-state index < -0.39 is 0 Å². The van der Waals surface area contributed by atoms with Gasteiger partial charge in [0.05, 0.1) is 0 Å². The number of hydrogen-bond donors (Lipinski definition) is 0. The third-order valence-corrected chi connectivity index (χ3v) is 2.29. The third-order valence-electron chi connectivity index (χ3n) is 2.29. The van der Waals surface area contributed by atoms with Gasteiger partial charge in [-0.25, -0.2) is 0 Å². The van der Waals surface area contributed by atoms with Crippen LogP contribution >= 0.6 is 0 Å². The Bertz CT molecular complexity index is 513. The van der Waals surface area contributed by atoms with Crippen LogP contribution in [-0.4, -0.2) is 12.1 Å². The van der Waals surface area contributed by atoms with E-state index in [0.29, 0.717) is 0 Å². The molecule has 2 heteroatoms. The lowest BCUT2D eigenvalue weighted by Crippen LogP contribution is -2.13. The SMILES string of the molecule is C=CCCC[C@@H](/C=C/C=C/C#CC#C/C=C/C)OC(C)=O. The van der Waals surface area contributed by atoms with Gasteiger partial charge in [0.2, 0.25) is 0 Å². The molecule has 110 valence electrons. The molecule has 0 radical (unpaired) electrons. The van der Waals surface area contributed by atoms with Crippen molar-refractivity contribution in [2.75, 3.05) is 0 Å². The Labute approximate surface area is 128 Å². The van der Waals surface area contributed by atoms with Crippen LogP contribution in [0.3, 0.4) is 0 Å². The Morgan fingerprint density at radius 1 is 1.24 bits per heavy atom. The standard InChI is InChI=1S/C19H22O2/c1-4-6-8-9-10-11-12-13-15-17-19(21-18(3)20)16-14-7-5-2/h4-6,12-13,15,17,19H,2,7,14,16H2,1,3H3/b6-4+,13-12+,17-15+/t19-/m0/s1. The molecule has 0 amide bonds. The molecule has 0 aromatic rings. The van der Waals surface area contributed by atoms with Gasteiger partial charge in [-0.3, -0.25) is 4.79 Å². The largest absolute Gasteiger partial charge is 0.458 e. The number of hydrogen-bond acceptors (Lipinski definition) is 2. The van der Waals surface area contributed by atoms with E-state index in [2.05, 4.69) is 30.3 Å². The Balaban J connectivity index is 4.32. The van der Waals surface area contributed by atoms with E-state index >= 15 is 0 Å². The number of rotatable bonds is 7. The lowest BCUT2D eigenvalue weighted by atomic mass is 10.1. The van der Waals surface area contributed by atoms with Crippen molar-refractivity contribution in [1.82, 2.24) is 0 Å². The molecule has 0 aromatic heterocycles. The summed E-state index contributed by atoms with van der Waals surface area (Å²) in [6.45, 7) is 6.99. The molecular formula is C19H22O2. The van der Waals surface area contributed by atoms with Gasteiger partial charge in [0.15, 0.2) is 0 Å². The van der Waals surface area contributed by atoms with Crippen molar-refractivity contribution in [3.8, 4) is 23.7 Å². The molecule has 0 heterocycles. The maximum absolute atomic E-state index is 11.0. The summed E-state index contributed by atoms with van der Waals surface area (Å²) in [5.41, 5.74) is 0. The van der Waals surface area contributed by atoms with Crippen LogP contribution in [0.2, 0.25) is 0 Å². The molecule has 21 heavy (non-hydrogen) atoms. The zero-order valence-corrected chi connectivity index (χ0v) is 12.8. The Morgan fingerprint density at radius 3 is 2.57 bits per heavy atom. The predicted molar refractivity (Wildman–Crippen MR) is 88.2 cm³/mol. The Hall–Kier alpha value is -2.45. The van der Waals surface area contributed by atoms with E-state index in [0.717, 1.165) is 19.3 Å². The number of allylic oxidation sites excluding steroid dienone is 6. The van der Waals surface area contributed by atoms with Crippen molar-refractivity contribution in [1.29, 1.82) is 0 Å². The van der Waals surface area contributed by atoms with Crippen LogP contribution in [0.1, 0.15) is 33.1 Å². The lowest BCUT2D eigenvalue weighted by Gasteiger charge is -2.11. The normalized spacial score (nSPS) is 11.7. The van der Waals surface area contributed by atoms with E-state index in [-0.39, 0.29) is 12.1 Å². The Morgan fingerprint density at radius 2 is 1.95 bits per heavy atom. The fraction of sp³-hybridized carbons (Fsp3) is 0.316. The molecule has 1 atom stereocenters. The van der Waals surface area contributed by atoms with E-state index in [9.17, 15) is 4.79 Å². The molecular weight excluding hydrogens is 260 g/mol. The smallest absolute Gasteiger partial charge is 0.303 e. The molecule has 0 saturated heterocycles. The fourth-order valence-corrected chi connectivity index (χ4v) is 1.40. The van der Waals surface area contributed by atoms with Crippen LogP contribution in [0, 0.1) is 23.7 Å². The summed E-state index contributed by atoms with van der Waals surface area (Å²) in [6, 6.07) is 0. The minimum absolute atomic E-state index is 0.199. The van der Waals surface area contributed by atoms with Crippen molar-refractivity contribution < 1.29 is 9.53 Å². The average molecular weight is 282 g/mol. The Kier molecular flexibility index (Phi) is 12.3. The molecule has 0 saturated carbocycles. The van der Waals surface area contributed by atoms with Gasteiger partial charge in [-0.1, -0.05) is 36.1 Å². The monoisotopic (exact) mass is 282 g/mol. The molecule has 0 bridgehead atoms. The van der Waals surface area contributed by atoms with Crippen LogP contribution in [0.4, 0.5) is 0 Å². The van der Waals surface area contributed by atoms with Crippen molar-refractivity contribution in [2.24, 2.45) is 0 Å². The maximum atomic E-state index is 11.0. The van der Waals surface area contributed by atoms with E-state index in [1.54, 1.807) is 18.2 Å². The highest BCUT2D eigenvalue weighted by atomic mass is 16.5. The summed E-state index contributed by atoms with van der Waals surface area (Å²) < 4.78 is 5.21. The van der Waals surface area contributed by atoms with E-state index in [1.165, 1.54) is 6.92 Å².